The quantitative estimate of drug-likeness (QED) is 0.707. The van der Waals surface area contributed by atoms with E-state index in [0.717, 1.165) is 35.6 Å². The van der Waals surface area contributed by atoms with E-state index in [4.69, 9.17) is 4.74 Å². The van der Waals surface area contributed by atoms with Gasteiger partial charge in [-0.3, -0.25) is 4.79 Å². The van der Waals surface area contributed by atoms with Crippen molar-refractivity contribution in [3.63, 3.8) is 0 Å². The molecule has 160 valence electrons. The highest BCUT2D eigenvalue weighted by molar-refractivity contribution is 7.95. The Morgan fingerprint density at radius 1 is 1.33 bits per heavy atom. The van der Waals surface area contributed by atoms with Gasteiger partial charge in [-0.1, -0.05) is 31.2 Å². The summed E-state index contributed by atoms with van der Waals surface area (Å²) >= 11 is 0.271. The Morgan fingerprint density at radius 3 is 2.70 bits per heavy atom. The van der Waals surface area contributed by atoms with Gasteiger partial charge >= 0.3 is 0 Å². The predicted molar refractivity (Wildman–Crippen MR) is 119 cm³/mol. The van der Waals surface area contributed by atoms with Crippen molar-refractivity contribution < 1.29 is 13.4 Å². The van der Waals surface area contributed by atoms with Crippen molar-refractivity contribution in [2.75, 3.05) is 24.5 Å². The zero-order chi connectivity index (χ0) is 21.3. The first-order chi connectivity index (χ1) is 14.4. The lowest BCUT2D eigenvalue weighted by atomic mass is 9.73. The number of amides is 1. The summed E-state index contributed by atoms with van der Waals surface area (Å²) in [5.74, 6) is 0.453. The van der Waals surface area contributed by atoms with Crippen molar-refractivity contribution in [1.82, 2.24) is 10.3 Å². The van der Waals surface area contributed by atoms with Crippen molar-refractivity contribution in [1.29, 1.82) is 0 Å². The van der Waals surface area contributed by atoms with Gasteiger partial charge in [-0.05, 0) is 43.4 Å². The minimum atomic E-state index is -0.768. The summed E-state index contributed by atoms with van der Waals surface area (Å²) in [6.07, 6.45) is 1.23. The van der Waals surface area contributed by atoms with Gasteiger partial charge in [0.25, 0.3) is 0 Å². The Hall–Kier alpha value is -2.28. The van der Waals surface area contributed by atoms with Gasteiger partial charge in [0.1, 0.15) is 6.61 Å². The molecule has 1 aromatic carbocycles. The molecule has 0 aliphatic carbocycles. The van der Waals surface area contributed by atoms with Crippen LogP contribution in [-0.2, 0) is 11.4 Å². The average Bonchev–Trinajstić information content (AvgIpc) is 2.99. The Bertz CT molecular complexity index is 919. The average molecular weight is 430 g/mol. The van der Waals surface area contributed by atoms with Crippen LogP contribution in [0.5, 0.6) is 5.88 Å². The van der Waals surface area contributed by atoms with E-state index in [0.29, 0.717) is 19.0 Å². The van der Waals surface area contributed by atoms with Gasteiger partial charge in [-0.2, -0.15) is 3.89 Å². The number of rotatable bonds is 7. The highest BCUT2D eigenvalue weighted by Gasteiger charge is 2.51. The molecule has 5 nitrogen and oxygen atoms in total. The lowest BCUT2D eigenvalue weighted by Gasteiger charge is -2.33. The minimum absolute atomic E-state index is 0.0823. The zero-order valence-corrected chi connectivity index (χ0v) is 18.5. The van der Waals surface area contributed by atoms with Gasteiger partial charge in [0.2, 0.25) is 11.8 Å². The summed E-state index contributed by atoms with van der Waals surface area (Å²) in [6.45, 7) is 8.79. The maximum Gasteiger partial charge on any atom is 0.227 e. The van der Waals surface area contributed by atoms with Crippen LogP contribution in [0.3, 0.4) is 0 Å². The van der Waals surface area contributed by atoms with Crippen molar-refractivity contribution in [3.05, 3.63) is 53.2 Å². The molecule has 2 saturated heterocycles. The number of aryl methyl sites for hydroxylation is 1. The first kappa shape index (κ1) is 21.0. The summed E-state index contributed by atoms with van der Waals surface area (Å²) in [5, 5.41) is 2.43. The fraction of sp³-hybridized carbons (Fsp3) is 0.478. The standard InChI is InChI=1S/C23H28FN3O2S/c1-15-11-19(27-9-4-10-27)12-21(26-15)29-14-17-5-7-18(8-6-17)16(2)23(3)20(30-24)13-25-22(23)28/h5-8,11-12,16,20H,4,9-10,13-14H2,1-3H3,(H,25,28)/t16?,20-,23+/m0/s1. The number of aromatic nitrogens is 1. The Balaban J connectivity index is 1.43. The molecule has 7 heteroatoms. The van der Waals surface area contributed by atoms with Gasteiger partial charge in [0.15, 0.2) is 0 Å². The first-order valence-electron chi connectivity index (χ1n) is 10.4. The van der Waals surface area contributed by atoms with Crippen LogP contribution >= 0.6 is 12.1 Å². The number of nitrogens with zero attached hydrogens (tertiary/aromatic N) is 2. The summed E-state index contributed by atoms with van der Waals surface area (Å²) in [7, 11) is 0. The molecular weight excluding hydrogens is 401 g/mol. The van der Waals surface area contributed by atoms with Crippen LogP contribution in [0, 0.1) is 12.3 Å². The van der Waals surface area contributed by atoms with Crippen LogP contribution in [-0.4, -0.2) is 35.8 Å². The number of halogens is 1. The Morgan fingerprint density at radius 2 is 2.07 bits per heavy atom. The zero-order valence-electron chi connectivity index (χ0n) is 17.7. The van der Waals surface area contributed by atoms with Crippen LogP contribution in [0.15, 0.2) is 36.4 Å². The van der Waals surface area contributed by atoms with Gasteiger partial charge in [0.05, 0.1) is 22.8 Å². The fourth-order valence-corrected chi connectivity index (χ4v) is 4.83. The van der Waals surface area contributed by atoms with Crippen LogP contribution in [0.4, 0.5) is 9.57 Å². The second-order valence-corrected chi connectivity index (χ2v) is 9.22. The SMILES string of the molecule is Cc1cc(N2CCC2)cc(OCc2ccc(C(C)[C@@]3(C)C(=O)NC[C@@H]3SF)cc2)n1. The van der Waals surface area contributed by atoms with Gasteiger partial charge < -0.3 is 15.0 Å². The van der Waals surface area contributed by atoms with Crippen molar-refractivity contribution in [2.45, 2.75) is 45.0 Å². The molecule has 0 saturated carbocycles. The Kier molecular flexibility index (Phi) is 5.91. The molecule has 2 aliphatic heterocycles. The number of carbonyl (C=O) groups is 1. The van der Waals surface area contributed by atoms with Gasteiger partial charge in [-0.25, -0.2) is 4.98 Å². The highest BCUT2D eigenvalue weighted by atomic mass is 32.2. The van der Waals surface area contributed by atoms with E-state index >= 15 is 0 Å². The number of benzene rings is 1. The minimum Gasteiger partial charge on any atom is -0.473 e. The van der Waals surface area contributed by atoms with Crippen LogP contribution < -0.4 is 15.0 Å². The highest BCUT2D eigenvalue weighted by Crippen LogP contribution is 2.46. The van der Waals surface area contributed by atoms with Crippen molar-refractivity contribution in [2.24, 2.45) is 5.41 Å². The summed E-state index contributed by atoms with van der Waals surface area (Å²) in [4.78, 5) is 19.2. The third-order valence-electron chi connectivity index (χ3n) is 6.62. The monoisotopic (exact) mass is 429 g/mol. The molecule has 3 atom stereocenters. The molecule has 2 fully saturated rings. The summed E-state index contributed by atoms with van der Waals surface area (Å²) in [6, 6.07) is 12.1. The predicted octanol–water partition coefficient (Wildman–Crippen LogP) is 4.41. The van der Waals surface area contributed by atoms with Crippen LogP contribution in [0.2, 0.25) is 0 Å². The normalized spacial score (nSPS) is 24.3. The van der Waals surface area contributed by atoms with Gasteiger partial charge in [-0.15, -0.1) is 0 Å². The molecule has 1 unspecified atom stereocenters. The van der Waals surface area contributed by atoms with Crippen molar-refractivity contribution >= 4 is 23.7 Å². The Labute approximate surface area is 181 Å². The van der Waals surface area contributed by atoms with E-state index in [2.05, 4.69) is 21.3 Å². The van der Waals surface area contributed by atoms with E-state index in [1.54, 1.807) is 0 Å². The number of hydrogen-bond acceptors (Lipinski definition) is 5. The first-order valence-corrected chi connectivity index (χ1v) is 11.2. The number of hydrogen-bond donors (Lipinski definition) is 1. The molecule has 2 aliphatic rings. The smallest absolute Gasteiger partial charge is 0.227 e. The maximum atomic E-state index is 13.4. The van der Waals surface area contributed by atoms with E-state index in [-0.39, 0.29) is 29.2 Å². The van der Waals surface area contributed by atoms with E-state index in [1.165, 1.54) is 6.42 Å². The molecule has 30 heavy (non-hydrogen) atoms. The van der Waals surface area contributed by atoms with Crippen LogP contribution in [0.1, 0.15) is 43.0 Å². The third-order valence-corrected chi connectivity index (χ3v) is 7.49. The number of pyridine rings is 1. The second kappa shape index (κ2) is 8.46. The molecule has 1 N–H and O–H groups in total. The van der Waals surface area contributed by atoms with E-state index in [9.17, 15) is 8.68 Å². The van der Waals surface area contributed by atoms with E-state index in [1.807, 2.05) is 51.1 Å². The molecular formula is C23H28FN3O2S. The topological polar surface area (TPSA) is 54.5 Å². The van der Waals surface area contributed by atoms with Crippen LogP contribution in [0.25, 0.3) is 0 Å². The molecule has 3 heterocycles. The van der Waals surface area contributed by atoms with Gasteiger partial charge in [0, 0.05) is 37.1 Å². The largest absolute Gasteiger partial charge is 0.473 e. The summed E-state index contributed by atoms with van der Waals surface area (Å²) < 4.78 is 19.3. The molecule has 4 rings (SSSR count). The summed E-state index contributed by atoms with van der Waals surface area (Å²) in [5.41, 5.74) is 3.39. The molecule has 0 spiro atoms. The number of carbonyl (C=O) groups excluding carboxylic acids is 1. The fourth-order valence-electron chi connectivity index (χ4n) is 4.19. The molecule has 0 radical (unpaired) electrons. The van der Waals surface area contributed by atoms with E-state index < -0.39 is 5.41 Å². The second-order valence-electron chi connectivity index (χ2n) is 8.47. The molecule has 1 aromatic heterocycles. The molecule has 1 amide bonds. The number of nitrogens with one attached hydrogen (secondary N) is 1. The molecule has 2 aromatic rings. The number of ether oxygens (including phenoxy) is 1. The third kappa shape index (κ3) is 3.87. The van der Waals surface area contributed by atoms with Crippen molar-refractivity contribution in [3.8, 4) is 5.88 Å². The molecule has 0 bridgehead atoms. The lowest BCUT2D eigenvalue weighted by Crippen LogP contribution is -2.38. The maximum absolute atomic E-state index is 13.4. The lowest BCUT2D eigenvalue weighted by molar-refractivity contribution is -0.127. The number of anilines is 1.